The third-order valence-corrected chi connectivity index (χ3v) is 5.49. The van der Waals surface area contributed by atoms with E-state index in [1.54, 1.807) is 29.6 Å². The molecule has 0 saturated carbocycles. The van der Waals surface area contributed by atoms with Crippen LogP contribution in [-0.2, 0) is 4.79 Å². The topological polar surface area (TPSA) is 108 Å². The minimum absolute atomic E-state index is 0.0585. The van der Waals surface area contributed by atoms with Crippen molar-refractivity contribution in [3.8, 4) is 11.3 Å². The Hall–Kier alpha value is -2.80. The number of nitrogen functional groups attached to an aromatic ring is 1. The molecule has 0 aliphatic carbocycles. The molecule has 7 heteroatoms. The molecule has 2 aromatic rings. The van der Waals surface area contributed by atoms with Gasteiger partial charge in [0.05, 0.1) is 23.0 Å². The molecule has 2 aromatic heterocycles. The smallest absolute Gasteiger partial charge is 0.234 e. The van der Waals surface area contributed by atoms with Gasteiger partial charge in [0.15, 0.2) is 0 Å². The maximum Gasteiger partial charge on any atom is 0.234 e. The number of piperidine rings is 1. The number of carbonyl (C=O) groups excluding carboxylic acids is 1. The minimum atomic E-state index is -0.314. The molecule has 7 nitrogen and oxygen atoms in total. The molecule has 0 radical (unpaired) electrons. The second-order valence-electron chi connectivity index (χ2n) is 6.98. The lowest BCUT2D eigenvalue weighted by Gasteiger charge is -2.32. The van der Waals surface area contributed by atoms with E-state index in [9.17, 15) is 4.79 Å². The van der Waals surface area contributed by atoms with Crippen molar-refractivity contribution in [3.05, 3.63) is 42.4 Å². The van der Waals surface area contributed by atoms with Gasteiger partial charge in [-0.3, -0.25) is 25.1 Å². The van der Waals surface area contributed by atoms with Gasteiger partial charge in [-0.2, -0.15) is 0 Å². The lowest BCUT2D eigenvalue weighted by molar-refractivity contribution is -0.134. The number of carbonyl (C=O) groups is 1. The van der Waals surface area contributed by atoms with Gasteiger partial charge in [-0.25, -0.2) is 0 Å². The van der Waals surface area contributed by atoms with Gasteiger partial charge in [-0.1, -0.05) is 0 Å². The molecule has 2 aliphatic rings. The van der Waals surface area contributed by atoms with Crippen molar-refractivity contribution in [2.45, 2.75) is 19.3 Å². The van der Waals surface area contributed by atoms with Crippen LogP contribution in [0.1, 0.15) is 24.8 Å². The maximum absolute atomic E-state index is 13.1. The summed E-state index contributed by atoms with van der Waals surface area (Å²) in [6.45, 7) is 2.28. The van der Waals surface area contributed by atoms with Gasteiger partial charge in [0, 0.05) is 30.1 Å². The number of hydrogen-bond donors (Lipinski definition) is 3. The number of hydrogen-bond acceptors (Lipinski definition) is 6. The zero-order valence-electron chi connectivity index (χ0n) is 14.5. The van der Waals surface area contributed by atoms with Crippen LogP contribution in [0, 0.1) is 10.8 Å². The average molecular weight is 350 g/mol. The second-order valence-corrected chi connectivity index (χ2v) is 6.98. The van der Waals surface area contributed by atoms with Gasteiger partial charge < -0.3 is 11.1 Å². The Labute approximate surface area is 152 Å². The van der Waals surface area contributed by atoms with Crippen LogP contribution < -0.4 is 11.1 Å². The summed E-state index contributed by atoms with van der Waals surface area (Å²) in [6.07, 6.45) is 7.44. The first-order valence-corrected chi connectivity index (χ1v) is 8.88. The van der Waals surface area contributed by atoms with E-state index in [4.69, 9.17) is 11.1 Å². The van der Waals surface area contributed by atoms with Crippen molar-refractivity contribution < 1.29 is 4.79 Å². The highest BCUT2D eigenvalue weighted by Gasteiger charge is 2.48. The molecule has 0 atom stereocenters. The minimum Gasteiger partial charge on any atom is -0.397 e. The van der Waals surface area contributed by atoms with Crippen molar-refractivity contribution in [3.63, 3.8) is 0 Å². The molecule has 134 valence electrons. The van der Waals surface area contributed by atoms with Crippen LogP contribution in [0.5, 0.6) is 0 Å². The Morgan fingerprint density at radius 2 is 2.08 bits per heavy atom. The summed E-state index contributed by atoms with van der Waals surface area (Å²) in [5, 5.41) is 11.9. The Morgan fingerprint density at radius 3 is 2.81 bits per heavy atom. The van der Waals surface area contributed by atoms with E-state index in [0.717, 1.165) is 37.9 Å². The number of nitrogens with two attached hydrogens (primary N) is 1. The van der Waals surface area contributed by atoms with E-state index in [2.05, 4.69) is 15.3 Å². The lowest BCUT2D eigenvalue weighted by atomic mass is 9.77. The molecule has 4 heterocycles. The molecule has 2 fully saturated rings. The summed E-state index contributed by atoms with van der Waals surface area (Å²) in [5.74, 6) is 0.221. The highest BCUT2D eigenvalue weighted by atomic mass is 16.2. The lowest BCUT2D eigenvalue weighted by Crippen LogP contribution is -2.44. The van der Waals surface area contributed by atoms with Crippen LogP contribution in [0.4, 0.5) is 5.69 Å². The molecular weight excluding hydrogens is 328 g/mol. The molecule has 2 aliphatic heterocycles. The monoisotopic (exact) mass is 350 g/mol. The summed E-state index contributed by atoms with van der Waals surface area (Å²) in [4.78, 5) is 23.1. The van der Waals surface area contributed by atoms with E-state index in [1.165, 1.54) is 0 Å². The highest BCUT2D eigenvalue weighted by Crippen LogP contribution is 2.40. The largest absolute Gasteiger partial charge is 0.397 e. The van der Waals surface area contributed by atoms with Crippen LogP contribution in [0.2, 0.25) is 0 Å². The molecule has 2 saturated heterocycles. The molecule has 4 rings (SSSR count). The second kappa shape index (κ2) is 6.49. The molecule has 0 unspecified atom stereocenters. The summed E-state index contributed by atoms with van der Waals surface area (Å²) in [7, 11) is 0. The average Bonchev–Trinajstić information content (AvgIpc) is 2.99. The third-order valence-electron chi connectivity index (χ3n) is 5.49. The van der Waals surface area contributed by atoms with Crippen LogP contribution in [0.25, 0.3) is 11.3 Å². The predicted molar refractivity (Wildman–Crippen MR) is 99.6 cm³/mol. The van der Waals surface area contributed by atoms with Crippen LogP contribution >= 0.6 is 0 Å². The van der Waals surface area contributed by atoms with Crippen molar-refractivity contribution in [2.24, 2.45) is 5.41 Å². The fraction of sp³-hybridized carbons (Fsp3) is 0.368. The van der Waals surface area contributed by atoms with Gasteiger partial charge in [0.1, 0.15) is 5.84 Å². The molecular formula is C19H22N6O. The van der Waals surface area contributed by atoms with Crippen LogP contribution in [0.3, 0.4) is 0 Å². The van der Waals surface area contributed by atoms with E-state index in [1.807, 2.05) is 12.1 Å². The fourth-order valence-electron chi connectivity index (χ4n) is 3.89. The van der Waals surface area contributed by atoms with E-state index in [-0.39, 0.29) is 17.2 Å². The first-order valence-electron chi connectivity index (χ1n) is 8.88. The summed E-state index contributed by atoms with van der Waals surface area (Å²) < 4.78 is 0. The first-order chi connectivity index (χ1) is 12.6. The number of likely N-dealkylation sites (tertiary alicyclic amines) is 1. The van der Waals surface area contributed by atoms with Crippen molar-refractivity contribution >= 4 is 17.4 Å². The zero-order chi connectivity index (χ0) is 18.1. The number of rotatable bonds is 2. The summed E-state index contributed by atoms with van der Waals surface area (Å²) in [6, 6.07) is 5.52. The third kappa shape index (κ3) is 2.74. The van der Waals surface area contributed by atoms with Crippen molar-refractivity contribution in [2.75, 3.05) is 25.4 Å². The number of amidine groups is 1. The van der Waals surface area contributed by atoms with Gasteiger partial charge in [-0.15, -0.1) is 0 Å². The quantitative estimate of drug-likeness (QED) is 0.564. The predicted octanol–water partition coefficient (Wildman–Crippen LogP) is 1.65. The molecule has 0 bridgehead atoms. The molecule has 1 amide bonds. The highest BCUT2D eigenvalue weighted by molar-refractivity contribution is 6.11. The number of nitrogens with one attached hydrogen (secondary N) is 2. The van der Waals surface area contributed by atoms with E-state index >= 15 is 0 Å². The maximum atomic E-state index is 13.1. The number of amides is 1. The molecule has 0 aromatic carbocycles. The van der Waals surface area contributed by atoms with Gasteiger partial charge in [-0.05, 0) is 50.6 Å². The van der Waals surface area contributed by atoms with Gasteiger partial charge in [0.25, 0.3) is 0 Å². The SMILES string of the molecule is N=C(c1cc(-c2cccnc2)ncc1N)N1CCC2(CCNCC2)C1=O. The number of anilines is 1. The normalized spacial score (nSPS) is 19.1. The van der Waals surface area contributed by atoms with Gasteiger partial charge in [0.2, 0.25) is 5.91 Å². The van der Waals surface area contributed by atoms with Crippen molar-refractivity contribution in [1.82, 2.24) is 20.2 Å². The zero-order valence-corrected chi connectivity index (χ0v) is 14.5. The number of pyridine rings is 2. The van der Waals surface area contributed by atoms with Gasteiger partial charge >= 0.3 is 0 Å². The number of aromatic nitrogens is 2. The molecule has 4 N–H and O–H groups in total. The first kappa shape index (κ1) is 16.7. The number of nitrogens with zero attached hydrogens (tertiary/aromatic N) is 3. The van der Waals surface area contributed by atoms with Crippen LogP contribution in [0.15, 0.2) is 36.8 Å². The van der Waals surface area contributed by atoms with Crippen molar-refractivity contribution in [1.29, 1.82) is 5.41 Å². The summed E-state index contributed by atoms with van der Waals surface area (Å²) in [5.41, 5.74) is 8.26. The van der Waals surface area contributed by atoms with E-state index < -0.39 is 0 Å². The Balaban J connectivity index is 1.63. The standard InChI is InChI=1S/C19H22N6O/c20-15-12-24-16(13-2-1-6-23-11-13)10-14(15)17(21)25-9-5-19(18(25)26)3-7-22-8-4-19/h1-2,6,10-12,21-22H,3-5,7-9,20H2. The Morgan fingerprint density at radius 1 is 1.27 bits per heavy atom. The molecule has 1 spiro atoms. The van der Waals surface area contributed by atoms with Crippen LogP contribution in [-0.4, -0.2) is 46.2 Å². The summed E-state index contributed by atoms with van der Waals surface area (Å²) >= 11 is 0. The molecule has 26 heavy (non-hydrogen) atoms. The Bertz CT molecular complexity index is 844. The van der Waals surface area contributed by atoms with E-state index in [0.29, 0.717) is 23.5 Å². The Kier molecular flexibility index (Phi) is 4.16. The fourth-order valence-corrected chi connectivity index (χ4v) is 3.89.